The van der Waals surface area contributed by atoms with E-state index < -0.39 is 32.0 Å². The zero-order valence-electron chi connectivity index (χ0n) is 35.8. The van der Waals surface area contributed by atoms with Gasteiger partial charge in [0.25, 0.3) is 0 Å². The summed E-state index contributed by atoms with van der Waals surface area (Å²) < 4.78 is 64.2. The van der Waals surface area contributed by atoms with Crippen molar-refractivity contribution < 1.29 is 53.5 Å². The lowest BCUT2D eigenvalue weighted by atomic mass is 9.73. The van der Waals surface area contributed by atoms with Crippen LogP contribution in [0.4, 0.5) is 0 Å². The molecule has 2 aromatic carbocycles. The zero-order valence-corrected chi connectivity index (χ0v) is 37.5. The average Bonchev–Trinajstić information content (AvgIpc) is 3.21. The molecule has 58 heavy (non-hydrogen) atoms. The Morgan fingerprint density at radius 3 is 1.07 bits per heavy atom. The standard InChI is InChI=1S/2C20H33N2O.2CH4O4S/c2*1-22(2)15-13-21(14-16-22)17-20(23,18-9-5-3-6-10-18)19-11-7-4-8-12-19;2*1-5-6(2,3)4/h2*3,5-6,9-10,19,23H,4,7-8,11-17H2,1-2H3;2*1H3,(H,2,3,4)/q2*+1;;/p-2. The molecule has 0 radical (unpaired) electrons. The second kappa shape index (κ2) is 22.7. The van der Waals surface area contributed by atoms with E-state index in [0.29, 0.717) is 11.8 Å². The van der Waals surface area contributed by atoms with E-state index in [2.05, 4.69) is 94.9 Å². The minimum Gasteiger partial charge on any atom is -0.726 e. The van der Waals surface area contributed by atoms with Gasteiger partial charge >= 0.3 is 0 Å². The van der Waals surface area contributed by atoms with Crippen LogP contribution in [-0.4, -0.2) is 163 Å². The molecule has 14 nitrogen and oxygen atoms in total. The lowest BCUT2D eigenvalue weighted by Crippen LogP contribution is -2.58. The van der Waals surface area contributed by atoms with E-state index in [1.54, 1.807) is 0 Å². The van der Waals surface area contributed by atoms with Crippen molar-refractivity contribution in [2.24, 2.45) is 11.8 Å². The molecule has 2 unspecified atom stereocenters. The number of benzene rings is 2. The van der Waals surface area contributed by atoms with Gasteiger partial charge in [-0.25, -0.2) is 16.8 Å². The number of nitrogens with zero attached hydrogens (tertiary/aromatic N) is 4. The first-order chi connectivity index (χ1) is 27.1. The van der Waals surface area contributed by atoms with Crippen molar-refractivity contribution in [3.63, 3.8) is 0 Å². The summed E-state index contributed by atoms with van der Waals surface area (Å²) in [5, 5.41) is 23.5. The Labute approximate surface area is 349 Å². The first kappa shape index (κ1) is 50.3. The van der Waals surface area contributed by atoms with Crippen LogP contribution in [0.25, 0.3) is 0 Å². The van der Waals surface area contributed by atoms with E-state index in [1.807, 2.05) is 12.1 Å². The van der Waals surface area contributed by atoms with Gasteiger partial charge in [0.1, 0.15) is 11.2 Å². The van der Waals surface area contributed by atoms with E-state index in [1.165, 1.54) is 90.4 Å². The van der Waals surface area contributed by atoms with E-state index in [4.69, 9.17) is 0 Å². The highest BCUT2D eigenvalue weighted by Crippen LogP contribution is 2.41. The molecule has 4 fully saturated rings. The molecule has 2 saturated carbocycles. The molecular formula is C42H72N4O10S2. The van der Waals surface area contributed by atoms with Crippen molar-refractivity contribution in [2.75, 3.05) is 108 Å². The van der Waals surface area contributed by atoms with Gasteiger partial charge < -0.3 is 28.3 Å². The Bertz CT molecular complexity index is 1550. The van der Waals surface area contributed by atoms with Crippen LogP contribution >= 0.6 is 0 Å². The van der Waals surface area contributed by atoms with Crippen molar-refractivity contribution in [3.8, 4) is 0 Å². The summed E-state index contributed by atoms with van der Waals surface area (Å²) in [6.07, 6.45) is 12.4. The second-order valence-corrected chi connectivity index (χ2v) is 20.0. The normalized spacial score (nSPS) is 22.9. The molecule has 0 amide bonds. The molecule has 2 aromatic rings. The van der Waals surface area contributed by atoms with Crippen LogP contribution in [-0.2, 0) is 40.4 Å². The number of hydrogen-bond acceptors (Lipinski definition) is 12. The van der Waals surface area contributed by atoms with Gasteiger partial charge in [-0.05, 0) is 48.6 Å². The topological polar surface area (TPSA) is 180 Å². The fourth-order valence-corrected chi connectivity index (χ4v) is 8.62. The maximum absolute atomic E-state index is 11.7. The maximum Gasteiger partial charge on any atom is 0.217 e. The Kier molecular flexibility index (Phi) is 19.7. The highest BCUT2D eigenvalue weighted by molar-refractivity contribution is 7.81. The van der Waals surface area contributed by atoms with Gasteiger partial charge in [0.2, 0.25) is 20.8 Å². The fourth-order valence-electron chi connectivity index (χ4n) is 8.62. The molecule has 2 saturated heterocycles. The minimum absolute atomic E-state index is 0.406. The number of hydrogen-bond donors (Lipinski definition) is 2. The number of likely N-dealkylation sites (N-methyl/N-ethyl adjacent to an activating group) is 2. The predicted molar refractivity (Wildman–Crippen MR) is 224 cm³/mol. The van der Waals surface area contributed by atoms with E-state index in [0.717, 1.165) is 73.6 Å². The first-order valence-electron chi connectivity index (χ1n) is 20.8. The molecule has 2 atom stereocenters. The van der Waals surface area contributed by atoms with Crippen LogP contribution < -0.4 is 0 Å². The molecule has 0 spiro atoms. The smallest absolute Gasteiger partial charge is 0.217 e. The monoisotopic (exact) mass is 856 g/mol. The van der Waals surface area contributed by atoms with Crippen LogP contribution in [0.15, 0.2) is 60.7 Å². The van der Waals surface area contributed by atoms with Crippen LogP contribution in [0.5, 0.6) is 0 Å². The van der Waals surface area contributed by atoms with Gasteiger partial charge in [-0.2, -0.15) is 0 Å². The molecule has 16 heteroatoms. The number of quaternary nitrogens is 2. The molecular weight excluding hydrogens is 785 g/mol. The summed E-state index contributed by atoms with van der Waals surface area (Å²) in [6.45, 7) is 10.7. The second-order valence-electron chi connectivity index (χ2n) is 17.7. The number of rotatable bonds is 10. The number of piperazine rings is 2. The van der Waals surface area contributed by atoms with Crippen LogP contribution in [0.1, 0.15) is 75.3 Å². The van der Waals surface area contributed by atoms with Gasteiger partial charge in [-0.3, -0.25) is 18.2 Å². The molecule has 2 aliphatic carbocycles. The van der Waals surface area contributed by atoms with Gasteiger partial charge in [-0.1, -0.05) is 99.2 Å². The largest absolute Gasteiger partial charge is 0.726 e. The molecule has 2 aliphatic heterocycles. The van der Waals surface area contributed by atoms with Gasteiger partial charge in [0, 0.05) is 39.3 Å². The highest BCUT2D eigenvalue weighted by Gasteiger charge is 2.43. The van der Waals surface area contributed by atoms with Gasteiger partial charge in [-0.15, -0.1) is 0 Å². The first-order valence-corrected chi connectivity index (χ1v) is 23.5. The van der Waals surface area contributed by atoms with Gasteiger partial charge in [0.15, 0.2) is 0 Å². The minimum atomic E-state index is -4.41. The molecule has 6 rings (SSSR count). The fraction of sp³-hybridized carbons (Fsp3) is 0.714. The van der Waals surface area contributed by atoms with Crippen LogP contribution in [0.3, 0.4) is 0 Å². The van der Waals surface area contributed by atoms with Gasteiger partial charge in [0.05, 0.1) is 68.6 Å². The lowest BCUT2D eigenvalue weighted by molar-refractivity contribution is -0.894. The number of aliphatic hydroxyl groups is 2. The SMILES string of the molecule is COS(=O)(=O)[O-].COS(=O)(=O)[O-].C[N+]1(C)CCN(CC(O)(c2ccccc2)C2CCCCC2)CC1.C[N+]1(C)CCN(CC(O)(c2ccccc2)C2CCCCC2)CC1. The summed E-state index contributed by atoms with van der Waals surface area (Å²) in [7, 11) is 2.02. The summed E-state index contributed by atoms with van der Waals surface area (Å²) in [5.74, 6) is 0.811. The molecule has 2 heterocycles. The van der Waals surface area contributed by atoms with Crippen LogP contribution in [0, 0.1) is 11.8 Å². The average molecular weight is 857 g/mol. The predicted octanol–water partition coefficient (Wildman–Crippen LogP) is 3.88. The van der Waals surface area contributed by atoms with E-state index in [9.17, 15) is 36.2 Å². The third-order valence-electron chi connectivity index (χ3n) is 12.5. The summed E-state index contributed by atoms with van der Waals surface area (Å²) in [6, 6.07) is 20.9. The highest BCUT2D eigenvalue weighted by atomic mass is 32.3. The Hall–Kier alpha value is -2.06. The molecule has 4 aliphatic rings. The molecule has 0 bridgehead atoms. The van der Waals surface area contributed by atoms with E-state index >= 15 is 0 Å². The van der Waals surface area contributed by atoms with Crippen molar-refractivity contribution in [1.29, 1.82) is 0 Å². The van der Waals surface area contributed by atoms with Crippen molar-refractivity contribution in [1.82, 2.24) is 9.80 Å². The third-order valence-corrected chi connectivity index (χ3v) is 13.3. The third kappa shape index (κ3) is 17.1. The summed E-state index contributed by atoms with van der Waals surface area (Å²) >= 11 is 0. The summed E-state index contributed by atoms with van der Waals surface area (Å²) in [4.78, 5) is 4.98. The summed E-state index contributed by atoms with van der Waals surface area (Å²) in [5.41, 5.74) is 0.865. The Balaban J connectivity index is 0.000000243. The quantitative estimate of drug-likeness (QED) is 0.201. The van der Waals surface area contributed by atoms with Crippen molar-refractivity contribution in [3.05, 3.63) is 71.8 Å². The molecule has 0 aromatic heterocycles. The lowest BCUT2D eigenvalue weighted by Gasteiger charge is -2.45. The maximum atomic E-state index is 11.7. The molecule has 2 N–H and O–H groups in total. The molecule has 332 valence electrons. The van der Waals surface area contributed by atoms with Crippen molar-refractivity contribution >= 4 is 20.8 Å². The zero-order chi connectivity index (χ0) is 43.1. The van der Waals surface area contributed by atoms with Crippen LogP contribution in [0.2, 0.25) is 0 Å². The van der Waals surface area contributed by atoms with Crippen molar-refractivity contribution in [2.45, 2.75) is 75.4 Å². The van der Waals surface area contributed by atoms with E-state index in [-0.39, 0.29) is 0 Å². The number of β-amino-alcohol motifs (C(OH)–C–C–N with tert-alkyl or cyclic N) is 2. The Morgan fingerprint density at radius 2 is 0.828 bits per heavy atom. The Morgan fingerprint density at radius 1 is 0.569 bits per heavy atom.